The lowest BCUT2D eigenvalue weighted by Crippen LogP contribution is -2.28. The highest BCUT2D eigenvalue weighted by Crippen LogP contribution is 2.23. The lowest BCUT2D eigenvalue weighted by atomic mass is 10.1. The second-order valence-corrected chi connectivity index (χ2v) is 6.00. The number of carbonyl (C=O) groups excluding carboxylic acids is 2. The molecule has 3 amide bonds. The highest BCUT2D eigenvalue weighted by molar-refractivity contribution is 5.97. The summed E-state index contributed by atoms with van der Waals surface area (Å²) in [5.41, 5.74) is 3.19. The van der Waals surface area contributed by atoms with E-state index < -0.39 is 0 Å². The number of aromatic nitrogens is 1. The largest absolute Gasteiger partial charge is 0.478 e. The van der Waals surface area contributed by atoms with Gasteiger partial charge in [-0.15, -0.1) is 0 Å². The zero-order valence-electron chi connectivity index (χ0n) is 14.9. The molecule has 3 rings (SSSR count). The van der Waals surface area contributed by atoms with Crippen LogP contribution in [0.25, 0.3) is 0 Å². The first-order valence-corrected chi connectivity index (χ1v) is 8.60. The third kappa shape index (κ3) is 3.93. The quantitative estimate of drug-likeness (QED) is 0.833. The molecule has 0 atom stereocenters. The van der Waals surface area contributed by atoms with Crippen LogP contribution in [-0.2, 0) is 6.54 Å². The fraction of sp³-hybridized carbons (Fsp3) is 0.316. The number of ether oxygens (including phenoxy) is 1. The number of hydrogen-bond acceptors (Lipinski definition) is 4. The lowest BCUT2D eigenvalue weighted by Gasteiger charge is -2.17. The lowest BCUT2D eigenvalue weighted by molar-refractivity contribution is 0.0950. The first kappa shape index (κ1) is 17.7. The monoisotopic (exact) mass is 354 g/mol. The number of nitrogens with zero attached hydrogens (tertiary/aromatic N) is 2. The van der Waals surface area contributed by atoms with Gasteiger partial charge in [-0.25, -0.2) is 9.78 Å². The van der Waals surface area contributed by atoms with E-state index in [0.29, 0.717) is 37.7 Å². The van der Waals surface area contributed by atoms with Gasteiger partial charge in [0.25, 0.3) is 5.91 Å². The van der Waals surface area contributed by atoms with E-state index in [4.69, 9.17) is 4.74 Å². The maximum Gasteiger partial charge on any atom is 0.322 e. The minimum Gasteiger partial charge on any atom is -0.478 e. The Kier molecular flexibility index (Phi) is 5.36. The summed E-state index contributed by atoms with van der Waals surface area (Å²) in [4.78, 5) is 30.0. The van der Waals surface area contributed by atoms with Gasteiger partial charge in [0.15, 0.2) is 0 Å². The second kappa shape index (κ2) is 7.86. The van der Waals surface area contributed by atoms with Crippen molar-refractivity contribution in [1.82, 2.24) is 15.6 Å². The molecule has 2 heterocycles. The topological polar surface area (TPSA) is 83.6 Å². The summed E-state index contributed by atoms with van der Waals surface area (Å²) in [7, 11) is 0. The summed E-state index contributed by atoms with van der Waals surface area (Å²) in [5.74, 6) is 0.378. The van der Waals surface area contributed by atoms with Crippen LogP contribution in [0.3, 0.4) is 0 Å². The van der Waals surface area contributed by atoms with Gasteiger partial charge in [-0.1, -0.05) is 0 Å². The number of hydrogen-bond donors (Lipinski definition) is 2. The van der Waals surface area contributed by atoms with Gasteiger partial charge in [0.1, 0.15) is 0 Å². The molecule has 1 aromatic heterocycles. The van der Waals surface area contributed by atoms with Gasteiger partial charge in [-0.05, 0) is 49.2 Å². The normalized spacial score (nSPS) is 13.5. The van der Waals surface area contributed by atoms with E-state index in [2.05, 4.69) is 15.6 Å². The molecule has 7 nitrogen and oxygen atoms in total. The van der Waals surface area contributed by atoms with Crippen LogP contribution < -0.4 is 20.3 Å². The molecular weight excluding hydrogens is 332 g/mol. The second-order valence-electron chi connectivity index (χ2n) is 6.00. The molecule has 0 unspecified atom stereocenters. The number of pyridine rings is 1. The number of benzene rings is 1. The molecule has 1 saturated heterocycles. The number of nitrogens with one attached hydrogen (secondary N) is 2. The van der Waals surface area contributed by atoms with Crippen LogP contribution in [-0.4, -0.2) is 36.6 Å². The molecular formula is C19H22N4O3. The Labute approximate surface area is 152 Å². The van der Waals surface area contributed by atoms with E-state index in [9.17, 15) is 9.59 Å². The van der Waals surface area contributed by atoms with Gasteiger partial charge in [0.05, 0.1) is 6.61 Å². The standard InChI is InChI=1S/C19H22N4O3/c1-3-26-17-11-14(6-7-20-17)12-22-18(24)15-4-5-16(13(2)10-15)23-9-8-21-19(23)25/h4-7,10-11H,3,8-9,12H2,1-2H3,(H,21,25)(H,22,24). The van der Waals surface area contributed by atoms with E-state index in [1.807, 2.05) is 32.0 Å². The molecule has 2 aromatic rings. The molecule has 7 heteroatoms. The summed E-state index contributed by atoms with van der Waals surface area (Å²) in [5, 5.41) is 5.67. The third-order valence-corrected chi connectivity index (χ3v) is 4.15. The van der Waals surface area contributed by atoms with E-state index in [-0.39, 0.29) is 11.9 Å². The number of urea groups is 1. The molecule has 2 N–H and O–H groups in total. The van der Waals surface area contributed by atoms with Crippen molar-refractivity contribution < 1.29 is 14.3 Å². The van der Waals surface area contributed by atoms with Crippen molar-refractivity contribution in [2.75, 3.05) is 24.6 Å². The minimum atomic E-state index is -0.166. The first-order valence-electron chi connectivity index (χ1n) is 8.60. The van der Waals surface area contributed by atoms with Crippen LogP contribution in [0.1, 0.15) is 28.4 Å². The summed E-state index contributed by atoms with van der Waals surface area (Å²) in [6.07, 6.45) is 1.66. The van der Waals surface area contributed by atoms with Crippen LogP contribution in [0.2, 0.25) is 0 Å². The van der Waals surface area contributed by atoms with Crippen molar-refractivity contribution in [3.63, 3.8) is 0 Å². The van der Waals surface area contributed by atoms with E-state index in [1.54, 1.807) is 23.2 Å². The molecule has 1 fully saturated rings. The molecule has 1 aliphatic heterocycles. The fourth-order valence-electron chi connectivity index (χ4n) is 2.87. The Hall–Kier alpha value is -3.09. The molecule has 26 heavy (non-hydrogen) atoms. The van der Waals surface area contributed by atoms with E-state index in [0.717, 1.165) is 16.8 Å². The summed E-state index contributed by atoms with van der Waals surface area (Å²) >= 11 is 0. The summed E-state index contributed by atoms with van der Waals surface area (Å²) in [6.45, 7) is 5.99. The Balaban J connectivity index is 1.65. The van der Waals surface area contributed by atoms with Crippen molar-refractivity contribution >= 4 is 17.6 Å². The van der Waals surface area contributed by atoms with Gasteiger partial charge >= 0.3 is 6.03 Å². The number of rotatable bonds is 6. The van der Waals surface area contributed by atoms with Crippen LogP contribution in [0.4, 0.5) is 10.5 Å². The van der Waals surface area contributed by atoms with Gasteiger partial charge in [0.2, 0.25) is 5.88 Å². The molecule has 1 aromatic carbocycles. The predicted molar refractivity (Wildman–Crippen MR) is 98.5 cm³/mol. The van der Waals surface area contributed by atoms with Crippen molar-refractivity contribution in [2.24, 2.45) is 0 Å². The zero-order valence-corrected chi connectivity index (χ0v) is 14.9. The van der Waals surface area contributed by atoms with Crippen LogP contribution in [0, 0.1) is 6.92 Å². The Morgan fingerprint density at radius 1 is 1.35 bits per heavy atom. The predicted octanol–water partition coefficient (Wildman–Crippen LogP) is 2.25. The molecule has 0 radical (unpaired) electrons. The van der Waals surface area contributed by atoms with Crippen molar-refractivity contribution in [3.05, 3.63) is 53.2 Å². The highest BCUT2D eigenvalue weighted by atomic mass is 16.5. The SMILES string of the molecule is CCOc1cc(CNC(=O)c2ccc(N3CCNC3=O)c(C)c2)ccn1. The fourth-order valence-corrected chi connectivity index (χ4v) is 2.87. The Morgan fingerprint density at radius 3 is 2.88 bits per heavy atom. The summed E-state index contributed by atoms with van der Waals surface area (Å²) < 4.78 is 5.36. The molecule has 136 valence electrons. The van der Waals surface area contributed by atoms with Crippen molar-refractivity contribution in [1.29, 1.82) is 0 Å². The average Bonchev–Trinajstić information content (AvgIpc) is 3.06. The summed E-state index contributed by atoms with van der Waals surface area (Å²) in [6, 6.07) is 8.89. The molecule has 1 aliphatic rings. The number of carbonyl (C=O) groups is 2. The smallest absolute Gasteiger partial charge is 0.322 e. The first-order chi connectivity index (χ1) is 12.6. The van der Waals surface area contributed by atoms with Gasteiger partial charge in [0, 0.05) is 43.1 Å². The zero-order chi connectivity index (χ0) is 18.5. The minimum absolute atomic E-state index is 0.104. The third-order valence-electron chi connectivity index (χ3n) is 4.15. The number of aryl methyl sites for hydroxylation is 1. The number of amides is 3. The highest BCUT2D eigenvalue weighted by Gasteiger charge is 2.22. The van der Waals surface area contributed by atoms with Crippen LogP contribution in [0.5, 0.6) is 5.88 Å². The van der Waals surface area contributed by atoms with E-state index >= 15 is 0 Å². The Bertz CT molecular complexity index is 822. The molecule has 0 spiro atoms. The van der Waals surface area contributed by atoms with Gasteiger partial charge in [-0.3, -0.25) is 9.69 Å². The van der Waals surface area contributed by atoms with Crippen LogP contribution >= 0.6 is 0 Å². The molecule has 0 saturated carbocycles. The van der Waals surface area contributed by atoms with Crippen molar-refractivity contribution in [3.8, 4) is 5.88 Å². The average molecular weight is 354 g/mol. The van der Waals surface area contributed by atoms with Gasteiger partial charge < -0.3 is 15.4 Å². The van der Waals surface area contributed by atoms with E-state index in [1.165, 1.54) is 0 Å². The van der Waals surface area contributed by atoms with Gasteiger partial charge in [-0.2, -0.15) is 0 Å². The maximum atomic E-state index is 12.4. The molecule has 0 aliphatic carbocycles. The number of anilines is 1. The van der Waals surface area contributed by atoms with Crippen LogP contribution in [0.15, 0.2) is 36.5 Å². The van der Waals surface area contributed by atoms with Crippen molar-refractivity contribution in [2.45, 2.75) is 20.4 Å². The maximum absolute atomic E-state index is 12.4. The Morgan fingerprint density at radius 2 is 2.19 bits per heavy atom. The molecule has 0 bridgehead atoms.